The summed E-state index contributed by atoms with van der Waals surface area (Å²) in [5, 5.41) is 3.79. The predicted octanol–water partition coefficient (Wildman–Crippen LogP) is 4.37. The van der Waals surface area contributed by atoms with Gasteiger partial charge in [-0.05, 0) is 68.3 Å². The minimum atomic E-state index is -0.189. The molecule has 3 nitrogen and oxygen atoms in total. The van der Waals surface area contributed by atoms with Crippen LogP contribution in [0.15, 0.2) is 48.5 Å². The Morgan fingerprint density at radius 2 is 1.81 bits per heavy atom. The maximum atomic E-state index is 13.9. The zero-order valence-electron chi connectivity index (χ0n) is 15.7. The van der Waals surface area contributed by atoms with Gasteiger partial charge in [0.1, 0.15) is 18.2 Å². The molecule has 0 saturated heterocycles. The summed E-state index contributed by atoms with van der Waals surface area (Å²) in [6.45, 7) is 1.32. The highest BCUT2D eigenvalue weighted by atomic mass is 19.1. The van der Waals surface area contributed by atoms with Gasteiger partial charge >= 0.3 is 0 Å². The molecule has 27 heavy (non-hydrogen) atoms. The van der Waals surface area contributed by atoms with Crippen molar-refractivity contribution in [1.29, 1.82) is 0 Å². The average Bonchev–Trinajstić information content (AvgIpc) is 3.47. The molecule has 0 spiro atoms. The Hall–Kier alpha value is -1.91. The third-order valence-corrected chi connectivity index (χ3v) is 6.03. The lowest BCUT2D eigenvalue weighted by atomic mass is 9.86. The summed E-state index contributed by atoms with van der Waals surface area (Å²) in [7, 11) is 0. The fourth-order valence-electron chi connectivity index (χ4n) is 4.27. The first-order valence-electron chi connectivity index (χ1n) is 10.1. The van der Waals surface area contributed by atoms with Crippen LogP contribution in [0, 0.1) is 11.7 Å². The Balaban J connectivity index is 1.37. The molecule has 2 fully saturated rings. The van der Waals surface area contributed by atoms with E-state index in [1.807, 2.05) is 30.3 Å². The largest absolute Gasteiger partial charge is 0.489 e. The first-order chi connectivity index (χ1) is 13.2. The van der Waals surface area contributed by atoms with Gasteiger partial charge in [-0.25, -0.2) is 4.39 Å². The van der Waals surface area contributed by atoms with Crippen molar-refractivity contribution >= 4 is 0 Å². The number of nitrogens with two attached hydrogens (primary N) is 1. The van der Waals surface area contributed by atoms with Gasteiger partial charge in [-0.2, -0.15) is 0 Å². The van der Waals surface area contributed by atoms with E-state index < -0.39 is 0 Å². The molecule has 3 N–H and O–H groups in total. The van der Waals surface area contributed by atoms with Gasteiger partial charge < -0.3 is 15.8 Å². The van der Waals surface area contributed by atoms with Crippen LogP contribution in [0.3, 0.4) is 0 Å². The van der Waals surface area contributed by atoms with Crippen molar-refractivity contribution < 1.29 is 9.13 Å². The molecule has 144 valence electrons. The first-order valence-corrected chi connectivity index (χ1v) is 10.1. The van der Waals surface area contributed by atoms with Crippen molar-refractivity contribution in [2.24, 2.45) is 11.7 Å². The number of hydrogen-bond acceptors (Lipinski definition) is 3. The second-order valence-electron chi connectivity index (χ2n) is 8.03. The van der Waals surface area contributed by atoms with Crippen LogP contribution in [0.4, 0.5) is 4.39 Å². The lowest BCUT2D eigenvalue weighted by Gasteiger charge is -2.28. The molecule has 0 unspecified atom stereocenters. The van der Waals surface area contributed by atoms with E-state index in [-0.39, 0.29) is 5.82 Å². The van der Waals surface area contributed by atoms with Gasteiger partial charge in [-0.3, -0.25) is 0 Å². The Morgan fingerprint density at radius 1 is 1.04 bits per heavy atom. The summed E-state index contributed by atoms with van der Waals surface area (Å²) >= 11 is 0. The van der Waals surface area contributed by atoms with Gasteiger partial charge in [0, 0.05) is 23.6 Å². The van der Waals surface area contributed by atoms with Gasteiger partial charge in [0.15, 0.2) is 0 Å². The molecule has 2 atom stereocenters. The maximum absolute atomic E-state index is 13.9. The lowest BCUT2D eigenvalue weighted by molar-refractivity contribution is 0.292. The smallest absolute Gasteiger partial charge is 0.123 e. The highest BCUT2D eigenvalue weighted by molar-refractivity contribution is 5.41. The van der Waals surface area contributed by atoms with E-state index in [9.17, 15) is 4.39 Å². The Morgan fingerprint density at radius 3 is 2.56 bits per heavy atom. The lowest BCUT2D eigenvalue weighted by Crippen LogP contribution is -2.36. The highest BCUT2D eigenvalue weighted by Gasteiger charge is 2.41. The summed E-state index contributed by atoms with van der Waals surface area (Å²) in [5.41, 5.74) is 7.91. The summed E-state index contributed by atoms with van der Waals surface area (Å²) in [5.74, 6) is 1.66. The predicted molar refractivity (Wildman–Crippen MR) is 106 cm³/mol. The SMILES string of the molecule is NCC1CCC(N[C@@H]2C[C@H]2c2cc(F)ccc2OCc2ccccc2)CC1. The third-order valence-electron chi connectivity index (χ3n) is 6.03. The van der Waals surface area contributed by atoms with Crippen molar-refractivity contribution in [1.82, 2.24) is 5.32 Å². The van der Waals surface area contributed by atoms with Crippen LogP contribution in [0.2, 0.25) is 0 Å². The molecule has 0 aromatic heterocycles. The van der Waals surface area contributed by atoms with Crippen molar-refractivity contribution in [2.45, 2.75) is 56.7 Å². The minimum absolute atomic E-state index is 0.189. The molecule has 0 amide bonds. The molecular weight excluding hydrogens is 339 g/mol. The van der Waals surface area contributed by atoms with Crippen LogP contribution in [0.25, 0.3) is 0 Å². The van der Waals surface area contributed by atoms with Crippen LogP contribution < -0.4 is 15.8 Å². The van der Waals surface area contributed by atoms with Crippen molar-refractivity contribution in [2.75, 3.05) is 6.54 Å². The molecule has 0 aliphatic heterocycles. The van der Waals surface area contributed by atoms with E-state index in [4.69, 9.17) is 10.5 Å². The summed E-state index contributed by atoms with van der Waals surface area (Å²) in [4.78, 5) is 0. The van der Waals surface area contributed by atoms with Gasteiger partial charge in [0.05, 0.1) is 0 Å². The van der Waals surface area contributed by atoms with E-state index >= 15 is 0 Å². The van der Waals surface area contributed by atoms with Crippen LogP contribution >= 0.6 is 0 Å². The number of nitrogens with one attached hydrogen (secondary N) is 1. The van der Waals surface area contributed by atoms with E-state index in [0.29, 0.717) is 30.5 Å². The zero-order valence-corrected chi connectivity index (χ0v) is 15.7. The standard InChI is InChI=1S/C23H29FN2O/c24-18-8-11-23(27-15-17-4-2-1-3-5-17)21(12-18)20-13-22(20)26-19-9-6-16(14-25)7-10-19/h1-5,8,11-12,16,19-20,22,26H,6-7,9-10,13-15,25H2/t16?,19?,20-,22+/m0/s1. The molecule has 4 heteroatoms. The fourth-order valence-corrected chi connectivity index (χ4v) is 4.27. The monoisotopic (exact) mass is 368 g/mol. The highest BCUT2D eigenvalue weighted by Crippen LogP contribution is 2.46. The van der Waals surface area contributed by atoms with E-state index in [1.165, 1.54) is 31.7 Å². The summed E-state index contributed by atoms with van der Waals surface area (Å²) in [6.07, 6.45) is 5.90. The Bertz CT molecular complexity index is 743. The Kier molecular flexibility index (Phi) is 5.74. The van der Waals surface area contributed by atoms with Crippen molar-refractivity contribution in [3.05, 3.63) is 65.5 Å². The quantitative estimate of drug-likeness (QED) is 0.763. The molecule has 2 saturated carbocycles. The second-order valence-corrected chi connectivity index (χ2v) is 8.03. The Labute approximate surface area is 161 Å². The van der Waals surface area contributed by atoms with E-state index in [1.54, 1.807) is 12.1 Å². The van der Waals surface area contributed by atoms with Gasteiger partial charge in [0.25, 0.3) is 0 Å². The van der Waals surface area contributed by atoms with Gasteiger partial charge in [-0.1, -0.05) is 30.3 Å². The molecule has 0 heterocycles. The third kappa shape index (κ3) is 4.69. The van der Waals surface area contributed by atoms with Crippen molar-refractivity contribution in [3.8, 4) is 5.75 Å². The molecule has 2 aromatic carbocycles. The normalized spacial score (nSPS) is 27.3. The second kappa shape index (κ2) is 8.41. The van der Waals surface area contributed by atoms with Gasteiger partial charge in [0.2, 0.25) is 0 Å². The van der Waals surface area contributed by atoms with Crippen LogP contribution in [-0.4, -0.2) is 18.6 Å². The fraction of sp³-hybridized carbons (Fsp3) is 0.478. The van der Waals surface area contributed by atoms with Crippen LogP contribution in [0.1, 0.15) is 49.1 Å². The number of rotatable bonds is 7. The van der Waals surface area contributed by atoms with Crippen molar-refractivity contribution in [3.63, 3.8) is 0 Å². The van der Waals surface area contributed by atoms with E-state index in [2.05, 4.69) is 5.32 Å². The summed E-state index contributed by atoms with van der Waals surface area (Å²) < 4.78 is 19.9. The molecule has 0 bridgehead atoms. The molecule has 2 aliphatic carbocycles. The molecule has 2 aliphatic rings. The molecule has 0 radical (unpaired) electrons. The average molecular weight is 368 g/mol. The number of hydrogen-bond donors (Lipinski definition) is 2. The van der Waals surface area contributed by atoms with E-state index in [0.717, 1.165) is 29.8 Å². The zero-order chi connectivity index (χ0) is 18.6. The number of ether oxygens (including phenoxy) is 1. The maximum Gasteiger partial charge on any atom is 0.123 e. The first kappa shape index (κ1) is 18.5. The van der Waals surface area contributed by atoms with Crippen LogP contribution in [0.5, 0.6) is 5.75 Å². The topological polar surface area (TPSA) is 47.3 Å². The molecule has 4 rings (SSSR count). The number of halogens is 1. The van der Waals surface area contributed by atoms with Gasteiger partial charge in [-0.15, -0.1) is 0 Å². The minimum Gasteiger partial charge on any atom is -0.489 e. The number of benzene rings is 2. The van der Waals surface area contributed by atoms with Crippen LogP contribution in [-0.2, 0) is 6.61 Å². The molecule has 2 aromatic rings. The molecular formula is C23H29FN2O. The summed E-state index contributed by atoms with van der Waals surface area (Å²) in [6, 6.07) is 16.0.